The summed E-state index contributed by atoms with van der Waals surface area (Å²) in [5.41, 5.74) is 0. The Balaban J connectivity index is 1.69. The van der Waals surface area contributed by atoms with Gasteiger partial charge >= 0.3 is 0 Å². The number of aryl methyl sites for hydroxylation is 1. The zero-order valence-corrected chi connectivity index (χ0v) is 16.2. The molecule has 0 spiro atoms. The minimum absolute atomic E-state index is 0.0383. The number of rotatable bonds is 5. The second kappa shape index (κ2) is 7.82. The number of furan rings is 1. The van der Waals surface area contributed by atoms with Gasteiger partial charge in [-0.3, -0.25) is 4.79 Å². The predicted molar refractivity (Wildman–Crippen MR) is 97.8 cm³/mol. The first-order valence-corrected chi connectivity index (χ1v) is 10.3. The molecule has 1 amide bonds. The molecule has 0 bridgehead atoms. The van der Waals surface area contributed by atoms with E-state index in [4.69, 9.17) is 4.42 Å². The molecule has 0 saturated carbocycles. The lowest BCUT2D eigenvalue weighted by atomic mass is 9.98. The topological polar surface area (TPSA) is 70.8 Å². The maximum atomic E-state index is 13.1. The van der Waals surface area contributed by atoms with E-state index >= 15 is 0 Å². The quantitative estimate of drug-likeness (QED) is 0.782. The number of benzene rings is 1. The van der Waals surface area contributed by atoms with E-state index in [1.807, 2.05) is 19.1 Å². The smallest absolute Gasteiger partial charge is 0.243 e. The highest BCUT2D eigenvalue weighted by molar-refractivity contribution is 7.89. The molecule has 2 aromatic rings. The van der Waals surface area contributed by atoms with Crippen molar-refractivity contribution in [3.63, 3.8) is 0 Å². The van der Waals surface area contributed by atoms with Crippen LogP contribution in [0.4, 0.5) is 4.39 Å². The Morgan fingerprint density at radius 3 is 2.59 bits per heavy atom. The molecule has 1 aliphatic rings. The van der Waals surface area contributed by atoms with Crippen molar-refractivity contribution in [2.75, 3.05) is 20.1 Å². The molecule has 2 heterocycles. The van der Waals surface area contributed by atoms with Gasteiger partial charge in [0.25, 0.3) is 0 Å². The molecular weight excluding hydrogens is 371 g/mol. The van der Waals surface area contributed by atoms with Gasteiger partial charge in [-0.1, -0.05) is 0 Å². The van der Waals surface area contributed by atoms with E-state index in [1.165, 1.54) is 16.4 Å². The molecule has 1 aromatic carbocycles. The van der Waals surface area contributed by atoms with E-state index < -0.39 is 21.8 Å². The molecule has 1 aromatic heterocycles. The lowest BCUT2D eigenvalue weighted by molar-refractivity contribution is -0.136. The normalized spacial score (nSPS) is 18.4. The van der Waals surface area contributed by atoms with Gasteiger partial charge in [0.1, 0.15) is 17.3 Å². The highest BCUT2D eigenvalue weighted by atomic mass is 32.2. The second-order valence-corrected chi connectivity index (χ2v) is 8.80. The molecule has 1 aliphatic heterocycles. The fourth-order valence-corrected chi connectivity index (χ4v) is 4.84. The van der Waals surface area contributed by atoms with Crippen molar-refractivity contribution in [1.29, 1.82) is 0 Å². The largest absolute Gasteiger partial charge is 0.464 e. The van der Waals surface area contributed by atoms with E-state index in [0.717, 1.165) is 17.9 Å². The van der Waals surface area contributed by atoms with Crippen molar-refractivity contribution < 1.29 is 22.0 Å². The van der Waals surface area contributed by atoms with Gasteiger partial charge in [-0.05, 0) is 56.2 Å². The first kappa shape index (κ1) is 19.6. The first-order valence-electron chi connectivity index (χ1n) is 8.83. The Hall–Kier alpha value is -2.19. The van der Waals surface area contributed by atoms with E-state index in [0.29, 0.717) is 31.7 Å². The van der Waals surface area contributed by atoms with Gasteiger partial charge in [0.15, 0.2) is 0 Å². The lowest BCUT2D eigenvalue weighted by Gasteiger charge is -2.33. The highest BCUT2D eigenvalue weighted by Crippen LogP contribution is 2.25. The maximum Gasteiger partial charge on any atom is 0.243 e. The Morgan fingerprint density at radius 2 is 1.96 bits per heavy atom. The molecule has 6 nitrogen and oxygen atoms in total. The van der Waals surface area contributed by atoms with Gasteiger partial charge < -0.3 is 9.32 Å². The predicted octanol–water partition coefficient (Wildman–Crippen LogP) is 2.79. The molecule has 8 heteroatoms. The number of hydrogen-bond donors (Lipinski definition) is 0. The van der Waals surface area contributed by atoms with Crippen molar-refractivity contribution in [3.05, 3.63) is 53.7 Å². The minimum atomic E-state index is -3.75. The third-order valence-corrected chi connectivity index (χ3v) is 6.63. The van der Waals surface area contributed by atoms with Crippen LogP contribution in [0.5, 0.6) is 0 Å². The number of amides is 1. The van der Waals surface area contributed by atoms with Crippen LogP contribution in [0.15, 0.2) is 45.7 Å². The zero-order chi connectivity index (χ0) is 19.6. The van der Waals surface area contributed by atoms with E-state index in [9.17, 15) is 17.6 Å². The molecule has 0 aliphatic carbocycles. The fraction of sp³-hybridized carbons (Fsp3) is 0.421. The fourth-order valence-electron chi connectivity index (χ4n) is 3.31. The van der Waals surface area contributed by atoms with Crippen LogP contribution in [0, 0.1) is 18.7 Å². The van der Waals surface area contributed by atoms with Crippen molar-refractivity contribution in [1.82, 2.24) is 9.21 Å². The van der Waals surface area contributed by atoms with Crippen LogP contribution in [0.2, 0.25) is 0 Å². The van der Waals surface area contributed by atoms with E-state index in [1.54, 1.807) is 11.9 Å². The number of sulfonamides is 1. The molecule has 1 saturated heterocycles. The van der Waals surface area contributed by atoms with Crippen molar-refractivity contribution in [2.45, 2.75) is 31.2 Å². The number of carbonyl (C=O) groups is 1. The van der Waals surface area contributed by atoms with Crippen LogP contribution in [0.3, 0.4) is 0 Å². The van der Waals surface area contributed by atoms with Crippen molar-refractivity contribution in [3.8, 4) is 0 Å². The lowest BCUT2D eigenvalue weighted by Crippen LogP contribution is -2.45. The summed E-state index contributed by atoms with van der Waals surface area (Å²) in [6.45, 7) is 2.66. The number of hydrogen-bond acceptors (Lipinski definition) is 4. The average Bonchev–Trinajstić information content (AvgIpc) is 3.06. The van der Waals surface area contributed by atoms with Crippen LogP contribution in [-0.4, -0.2) is 43.7 Å². The van der Waals surface area contributed by atoms with Gasteiger partial charge in [-0.2, -0.15) is 4.31 Å². The molecular formula is C19H23FN2O4S. The number of carbonyl (C=O) groups excluding carboxylic acids is 1. The van der Waals surface area contributed by atoms with Crippen LogP contribution < -0.4 is 0 Å². The third kappa shape index (κ3) is 4.39. The van der Waals surface area contributed by atoms with Crippen LogP contribution >= 0.6 is 0 Å². The number of nitrogens with zero attached hydrogens (tertiary/aromatic N) is 2. The molecule has 3 rings (SSSR count). The van der Waals surface area contributed by atoms with Gasteiger partial charge in [0.2, 0.25) is 15.9 Å². The van der Waals surface area contributed by atoms with Crippen LogP contribution in [-0.2, 0) is 21.4 Å². The minimum Gasteiger partial charge on any atom is -0.464 e. The Morgan fingerprint density at radius 1 is 1.26 bits per heavy atom. The number of halogens is 1. The van der Waals surface area contributed by atoms with Gasteiger partial charge in [0.05, 0.1) is 17.4 Å². The molecule has 1 fully saturated rings. The summed E-state index contributed by atoms with van der Waals surface area (Å²) in [7, 11) is -2.06. The van der Waals surface area contributed by atoms with E-state index in [2.05, 4.69) is 0 Å². The summed E-state index contributed by atoms with van der Waals surface area (Å²) in [5.74, 6) is 0.462. The summed E-state index contributed by atoms with van der Waals surface area (Å²) in [6.07, 6.45) is 1.24. The van der Waals surface area contributed by atoms with Crippen LogP contribution in [0.25, 0.3) is 0 Å². The Kier molecular flexibility index (Phi) is 5.67. The third-order valence-electron chi connectivity index (χ3n) is 4.75. The molecule has 0 N–H and O–H groups in total. The first-order chi connectivity index (χ1) is 12.8. The molecule has 146 valence electrons. The molecule has 1 unspecified atom stereocenters. The zero-order valence-electron chi connectivity index (χ0n) is 15.4. The summed E-state index contributed by atoms with van der Waals surface area (Å²) < 4.78 is 45.5. The summed E-state index contributed by atoms with van der Waals surface area (Å²) in [4.78, 5) is 14.4. The Labute approximate surface area is 158 Å². The summed E-state index contributed by atoms with van der Waals surface area (Å²) in [6, 6.07) is 8.41. The van der Waals surface area contributed by atoms with Crippen LogP contribution in [0.1, 0.15) is 24.4 Å². The van der Waals surface area contributed by atoms with Gasteiger partial charge in [0, 0.05) is 20.1 Å². The summed E-state index contributed by atoms with van der Waals surface area (Å²) >= 11 is 0. The molecule has 0 radical (unpaired) electrons. The maximum absolute atomic E-state index is 13.1. The SMILES string of the molecule is Cc1ccc(CN(C)C(=O)C2CCCN(S(=O)(=O)c3ccc(F)cc3)C2)o1. The van der Waals surface area contributed by atoms with Crippen molar-refractivity contribution >= 4 is 15.9 Å². The van der Waals surface area contributed by atoms with Gasteiger partial charge in [-0.25, -0.2) is 12.8 Å². The molecule has 27 heavy (non-hydrogen) atoms. The Bertz CT molecular complexity index is 908. The molecule has 1 atom stereocenters. The average molecular weight is 394 g/mol. The van der Waals surface area contributed by atoms with Gasteiger partial charge in [-0.15, -0.1) is 0 Å². The summed E-state index contributed by atoms with van der Waals surface area (Å²) in [5, 5.41) is 0. The number of piperidine rings is 1. The second-order valence-electron chi connectivity index (χ2n) is 6.86. The standard InChI is InChI=1S/C19H23FN2O4S/c1-14-5-8-17(26-14)13-21(2)19(23)15-4-3-11-22(12-15)27(24,25)18-9-6-16(20)7-10-18/h5-10,15H,3-4,11-13H2,1-2H3. The van der Waals surface area contributed by atoms with E-state index in [-0.39, 0.29) is 17.3 Å². The monoisotopic (exact) mass is 394 g/mol. The van der Waals surface area contributed by atoms with Crippen molar-refractivity contribution in [2.24, 2.45) is 5.92 Å². The highest BCUT2D eigenvalue weighted by Gasteiger charge is 2.34.